The van der Waals surface area contributed by atoms with Crippen molar-refractivity contribution in [2.45, 2.75) is 81.5 Å². The van der Waals surface area contributed by atoms with E-state index in [0.717, 1.165) is 41.6 Å². The van der Waals surface area contributed by atoms with Crippen LogP contribution >= 0.6 is 272 Å². The molecular weight excluding hydrogens is 3260 g/mol. The molecule has 77 heavy (non-hydrogen) atoms. The summed E-state index contributed by atoms with van der Waals surface area (Å²) in [4.78, 5) is 48.5. The van der Waals surface area contributed by atoms with Gasteiger partial charge in [-0.05, 0) is 78.3 Å². The standard InChI is InChI=1S/C24H27N3O10S3.C10H15N3O4S.I19/c1-4-5-6-7-16-27-23(28)21(25-36-39(30,31)19-12-8-17(34-2)9-13-19)38-22(24(27)29)26-37-40(32,33)20-14-10-18(35-3)11-15-20;1-2-3-4-5-6-13-9(14)7(11-16)18-8(12-17)10(13)15;1-11-13(4)15(6)17(8)19(10)18(9)16(7)14(5)12(2)3/h8-15H,4-7,16H2,1-3H3;14,17H,2-6H2,1H3;/q;;-1/b25-21-,26-22-;12-8-;. The molecule has 0 saturated carbocycles. The van der Waals surface area contributed by atoms with Crippen molar-refractivity contribution in [2.75, 3.05) is 20.8 Å². The fourth-order valence-corrected chi connectivity index (χ4v) is 2730. The van der Waals surface area contributed by atoms with E-state index in [9.17, 15) is 41.2 Å². The molecule has 4 rings (SSSR count). The molecule has 3 aromatic rings. The predicted molar refractivity (Wildman–Crippen MR) is 465 cm³/mol. The number of nitroso groups, excluding NO2 is 1. The number of halogens is 19. The molecule has 450 valence electrons. The van der Waals surface area contributed by atoms with E-state index >= 15 is 0 Å². The van der Waals surface area contributed by atoms with Gasteiger partial charge in [0.05, 0.1) is 14.2 Å². The van der Waals surface area contributed by atoms with Gasteiger partial charge in [0, 0.05) is 13.1 Å². The second-order valence-electron chi connectivity index (χ2n) is 13.2. The number of oxime groups is 2. The van der Waals surface area contributed by atoms with Crippen molar-refractivity contribution < 1.29 is 68.0 Å². The van der Waals surface area contributed by atoms with Crippen molar-refractivity contribution in [1.82, 2.24) is 9.47 Å². The summed E-state index contributed by atoms with van der Waals surface area (Å²) in [6, 6.07) is 10.5. The molecule has 1 saturated heterocycles. The van der Waals surface area contributed by atoms with Crippen LogP contribution in [-0.2, 0) is 44.9 Å². The van der Waals surface area contributed by atoms with Gasteiger partial charge in [0.15, 0.2) is 0 Å². The average Bonchev–Trinajstić information content (AvgIpc) is 3.43. The summed E-state index contributed by atoms with van der Waals surface area (Å²) in [5, 5.41) is 29.3. The first-order valence-corrected chi connectivity index (χ1v) is 138. The molecule has 20 nitrogen and oxygen atoms in total. The quantitative estimate of drug-likeness (QED) is 0.0179. The van der Waals surface area contributed by atoms with E-state index in [-0.39, 0.29) is 87.8 Å². The number of carbonyl (C=O) groups is 2. The normalized spacial score (nSPS) is 15.6. The molecule has 0 bridgehead atoms. The summed E-state index contributed by atoms with van der Waals surface area (Å²) in [7, 11) is -9.05. The number of aromatic hydroxyl groups is 1. The summed E-state index contributed by atoms with van der Waals surface area (Å²) >= 11 is 31.8. The van der Waals surface area contributed by atoms with Crippen LogP contribution in [0.1, 0.15) is 65.2 Å². The van der Waals surface area contributed by atoms with Gasteiger partial charge >= 0.3 is 283 Å². The zero-order chi connectivity index (χ0) is 58.2. The molecule has 0 unspecified atom stereocenters. The molecule has 2 N–H and O–H groups in total. The number of benzene rings is 2. The fraction of sp³-hybridized carbons (Fsp3) is 0.412. The van der Waals surface area contributed by atoms with Crippen LogP contribution in [0.15, 0.2) is 83.8 Å². The SMILES string of the molecule is CCCCCCN1C(=O)/C(=N/OS(=O)(=O)c2ccc(OC)cc2)S/C(=N\OS(=O)(=O)c2ccc(OC)cc2)C1=O.CCCCCCn1c(O)c(N=O)s/c(=N\O)c1=O.I[I-]I(I)I(I)I(I)I(I)I(I)I(I)I(I)I(I)I. The van der Waals surface area contributed by atoms with Crippen molar-refractivity contribution >= 4 is 320 Å². The van der Waals surface area contributed by atoms with Crippen molar-refractivity contribution in [3.63, 3.8) is 0 Å². The van der Waals surface area contributed by atoms with Crippen LogP contribution < -0.4 is 33.0 Å². The van der Waals surface area contributed by atoms with Crippen LogP contribution in [0.2, 0.25) is 0 Å². The molecule has 0 radical (unpaired) electrons. The van der Waals surface area contributed by atoms with Gasteiger partial charge in [0.1, 0.15) is 21.3 Å². The summed E-state index contributed by atoms with van der Waals surface area (Å²) in [6.07, 6.45) is 6.62. The first-order chi connectivity index (χ1) is 36.3. The maximum absolute atomic E-state index is 13.0. The number of nitrogens with zero attached hydrogens (tertiary/aromatic N) is 6. The minimum absolute atomic E-state index is 0.0350. The van der Waals surface area contributed by atoms with Gasteiger partial charge in [-0.1, -0.05) is 79.2 Å². The maximum atomic E-state index is 13.0. The van der Waals surface area contributed by atoms with E-state index in [0.29, 0.717) is 67.1 Å². The van der Waals surface area contributed by atoms with Crippen molar-refractivity contribution in [1.29, 1.82) is 0 Å². The number of amides is 2. The molecule has 2 aromatic carbocycles. The van der Waals surface area contributed by atoms with Crippen LogP contribution in [-0.4, -0.2) is 79.3 Å². The molecule has 1 aliphatic rings. The Morgan fingerprint density at radius 3 is 1.43 bits per heavy atom. The zero-order valence-electron chi connectivity index (χ0n) is 39.0. The number of aromatic nitrogens is 1. The Kier molecular flexibility index (Phi) is 46.9. The van der Waals surface area contributed by atoms with Gasteiger partial charge in [-0.25, -0.2) is 0 Å². The van der Waals surface area contributed by atoms with E-state index in [4.69, 9.17) is 23.2 Å². The monoisotopic (exact) mass is 3300 g/mol. The molecule has 0 aliphatic carbocycles. The third-order valence-electron chi connectivity index (χ3n) is 8.51. The third kappa shape index (κ3) is 28.3. The van der Waals surface area contributed by atoms with Gasteiger partial charge in [0.25, 0.3) is 17.4 Å². The van der Waals surface area contributed by atoms with E-state index in [1.54, 1.807) is 0 Å². The fourth-order valence-electron chi connectivity index (χ4n) is 4.99. The predicted octanol–water partition coefficient (Wildman–Crippen LogP) is 18.0. The number of methoxy groups -OCH3 is 2. The van der Waals surface area contributed by atoms with Crippen molar-refractivity contribution in [2.24, 2.45) is 20.6 Å². The van der Waals surface area contributed by atoms with Crippen LogP contribution in [0.25, 0.3) is 0 Å². The molecular formula is C34H42I19N6O14S4-. The number of imide groups is 1. The van der Waals surface area contributed by atoms with Crippen LogP contribution in [0.3, 0.4) is 0 Å². The summed E-state index contributed by atoms with van der Waals surface area (Å²) < 4.78 is 70.6. The molecule has 1 aliphatic heterocycles. The van der Waals surface area contributed by atoms with E-state index in [2.05, 4.69) is 214 Å². The van der Waals surface area contributed by atoms with Crippen LogP contribution in [0.5, 0.6) is 17.4 Å². The molecule has 2 amide bonds. The van der Waals surface area contributed by atoms with Gasteiger partial charge in [-0.3, -0.25) is 32.4 Å². The van der Waals surface area contributed by atoms with Crippen molar-refractivity contribution in [3.8, 4) is 17.4 Å². The zero-order valence-corrected chi connectivity index (χ0v) is 83.2. The van der Waals surface area contributed by atoms with Gasteiger partial charge in [-0.15, -0.1) is 4.91 Å². The molecule has 1 aromatic heterocycles. The third-order valence-corrected chi connectivity index (χ3v) is 1250. The minimum atomic E-state index is -4.45. The number of hydrogen-bond acceptors (Lipinski definition) is 20. The Morgan fingerprint density at radius 2 is 1.05 bits per heavy atom. The topological polar surface area (TPSA) is 272 Å². The Labute approximate surface area is 588 Å². The van der Waals surface area contributed by atoms with Gasteiger partial charge in [0.2, 0.25) is 25.6 Å². The van der Waals surface area contributed by atoms with E-state index < -0.39 is 61.5 Å². The second-order valence-corrected chi connectivity index (χ2v) is 424. The first-order valence-electron chi connectivity index (χ1n) is 20.1. The Balaban J connectivity index is 0.000000455. The Morgan fingerprint density at radius 1 is 0.636 bits per heavy atom. The van der Waals surface area contributed by atoms with E-state index in [1.165, 1.54) is 62.8 Å². The second kappa shape index (κ2) is 44.2. The number of rotatable bonds is 27. The molecule has 0 spiro atoms. The Bertz CT molecular complexity index is 2710. The molecule has 43 heteroatoms. The Hall–Kier alpha value is 8.54. The summed E-state index contributed by atoms with van der Waals surface area (Å²) in [5.41, 5.74) is -0.621. The number of ether oxygens (including phenoxy) is 2. The summed E-state index contributed by atoms with van der Waals surface area (Å²) in [6.45, 7) is 4.28. The van der Waals surface area contributed by atoms with Crippen LogP contribution in [0.4, 0.5) is 5.00 Å². The number of hydrogen-bond donors (Lipinski definition) is 2. The first kappa shape index (κ1) is 81.6. The molecule has 1 fully saturated rings. The van der Waals surface area contributed by atoms with E-state index in [1.807, 2.05) is 6.92 Å². The number of unbranched alkanes of at least 4 members (excludes halogenated alkanes) is 6. The number of carbonyl (C=O) groups excluding carboxylic acids is 2. The average molecular weight is 3300 g/mol. The van der Waals surface area contributed by atoms with Crippen LogP contribution in [0, 0.1) is 4.91 Å². The molecule has 2 heterocycles. The summed E-state index contributed by atoms with van der Waals surface area (Å²) in [5.74, 6) is -1.50. The molecule has 0 atom stereocenters. The van der Waals surface area contributed by atoms with Crippen molar-refractivity contribution in [3.05, 3.63) is 68.5 Å². The number of thioether (sulfide) groups is 1. The van der Waals surface area contributed by atoms with Gasteiger partial charge < -0.3 is 19.8 Å². The van der Waals surface area contributed by atoms with Gasteiger partial charge in [-0.2, -0.15) is 16.8 Å².